The first kappa shape index (κ1) is 16.3. The lowest BCUT2D eigenvalue weighted by Gasteiger charge is -2.27. The molecule has 3 rings (SSSR count). The number of carbonyl (C=O) groups excluding carboxylic acids is 1. The van der Waals surface area contributed by atoms with E-state index >= 15 is 0 Å². The van der Waals surface area contributed by atoms with Crippen LogP contribution >= 0.6 is 0 Å². The summed E-state index contributed by atoms with van der Waals surface area (Å²) in [6.45, 7) is 2.97. The van der Waals surface area contributed by atoms with Crippen LogP contribution in [0.3, 0.4) is 0 Å². The Balaban J connectivity index is 1.76. The van der Waals surface area contributed by atoms with Crippen LogP contribution in [0.2, 0.25) is 0 Å². The van der Waals surface area contributed by atoms with Crippen molar-refractivity contribution in [1.82, 2.24) is 0 Å². The van der Waals surface area contributed by atoms with Crippen LogP contribution in [0.1, 0.15) is 55.8 Å². The van der Waals surface area contributed by atoms with Crippen molar-refractivity contribution >= 4 is 5.78 Å². The summed E-state index contributed by atoms with van der Waals surface area (Å²) in [5.74, 6) is 1.16. The summed E-state index contributed by atoms with van der Waals surface area (Å²) in [5.41, 5.74) is 0.604. The maximum absolute atomic E-state index is 11.6. The van der Waals surface area contributed by atoms with Gasteiger partial charge in [0.15, 0.2) is 29.9 Å². The molecule has 2 unspecified atom stereocenters. The molecule has 5 heteroatoms. The number of Topliss-reactive ketones (excluding diaryl/α,β-unsaturated/α-hetero) is 1. The van der Waals surface area contributed by atoms with Gasteiger partial charge in [-0.3, -0.25) is 4.79 Å². The molecule has 2 aliphatic heterocycles. The molecule has 126 valence electrons. The zero-order valence-corrected chi connectivity index (χ0v) is 13.6. The number of rotatable bonds is 5. The van der Waals surface area contributed by atoms with Gasteiger partial charge in [-0.25, -0.2) is 0 Å². The molecule has 2 atom stereocenters. The maximum atomic E-state index is 11.6. The van der Waals surface area contributed by atoms with Crippen LogP contribution in [-0.4, -0.2) is 31.6 Å². The fraction of sp³-hybridized carbons (Fsp3) is 0.611. The lowest BCUT2D eigenvalue weighted by molar-refractivity contribution is -0.119. The molecule has 0 spiro atoms. The molecule has 2 saturated heterocycles. The van der Waals surface area contributed by atoms with E-state index in [-0.39, 0.29) is 18.4 Å². The van der Waals surface area contributed by atoms with Crippen LogP contribution in [0.25, 0.3) is 0 Å². The van der Waals surface area contributed by atoms with E-state index in [0.717, 1.165) is 45.1 Å². The first-order valence-electron chi connectivity index (χ1n) is 8.44. The Bertz CT molecular complexity index is 530. The third kappa shape index (κ3) is 4.45. The lowest BCUT2D eigenvalue weighted by Crippen LogP contribution is -2.27. The Labute approximate surface area is 136 Å². The topological polar surface area (TPSA) is 54.0 Å². The van der Waals surface area contributed by atoms with Crippen molar-refractivity contribution in [3.05, 3.63) is 23.8 Å². The third-order valence-electron chi connectivity index (χ3n) is 4.14. The second-order valence-electron chi connectivity index (χ2n) is 6.05. The molecule has 2 aliphatic rings. The van der Waals surface area contributed by atoms with E-state index in [2.05, 4.69) is 0 Å². The summed E-state index contributed by atoms with van der Waals surface area (Å²) in [5, 5.41) is 0. The molecule has 2 heterocycles. The van der Waals surface area contributed by atoms with Crippen molar-refractivity contribution in [3.8, 4) is 11.5 Å². The zero-order valence-electron chi connectivity index (χ0n) is 13.6. The van der Waals surface area contributed by atoms with Gasteiger partial charge in [0.1, 0.15) is 0 Å². The summed E-state index contributed by atoms with van der Waals surface area (Å²) >= 11 is 0. The van der Waals surface area contributed by atoms with Gasteiger partial charge in [0, 0.05) is 18.4 Å². The van der Waals surface area contributed by atoms with Gasteiger partial charge in [-0.1, -0.05) is 0 Å². The Morgan fingerprint density at radius 2 is 1.57 bits per heavy atom. The molecule has 5 nitrogen and oxygen atoms in total. The van der Waals surface area contributed by atoms with E-state index < -0.39 is 0 Å². The van der Waals surface area contributed by atoms with Crippen molar-refractivity contribution < 1.29 is 23.7 Å². The smallest absolute Gasteiger partial charge is 0.200 e. The van der Waals surface area contributed by atoms with Crippen LogP contribution in [-0.2, 0) is 9.47 Å². The number of hydrogen-bond donors (Lipinski definition) is 0. The van der Waals surface area contributed by atoms with Crippen molar-refractivity contribution in [3.63, 3.8) is 0 Å². The monoisotopic (exact) mass is 320 g/mol. The predicted octanol–water partition coefficient (Wildman–Crippen LogP) is 3.70. The van der Waals surface area contributed by atoms with Gasteiger partial charge in [0.2, 0.25) is 0 Å². The SMILES string of the molecule is CC(=O)c1ccc(OC2CCCCO2)c(OC2CCCCO2)c1. The molecular formula is C18H24O5. The molecule has 1 aromatic rings. The van der Waals surface area contributed by atoms with Crippen LogP contribution in [0.15, 0.2) is 18.2 Å². The molecule has 2 fully saturated rings. The second kappa shape index (κ2) is 7.79. The standard InChI is InChI=1S/C18H24O5/c1-13(19)14-8-9-15(22-17-6-2-4-10-20-17)16(12-14)23-18-7-3-5-11-21-18/h8-9,12,17-18H,2-7,10-11H2,1H3. The zero-order chi connectivity index (χ0) is 16.1. The fourth-order valence-electron chi connectivity index (χ4n) is 2.81. The van der Waals surface area contributed by atoms with Gasteiger partial charge in [-0.05, 0) is 50.8 Å². The van der Waals surface area contributed by atoms with E-state index in [4.69, 9.17) is 18.9 Å². The average molecular weight is 320 g/mol. The maximum Gasteiger partial charge on any atom is 0.200 e. The van der Waals surface area contributed by atoms with Crippen LogP contribution in [0.4, 0.5) is 0 Å². The van der Waals surface area contributed by atoms with Crippen LogP contribution in [0, 0.1) is 0 Å². The molecule has 23 heavy (non-hydrogen) atoms. The highest BCUT2D eigenvalue weighted by molar-refractivity contribution is 5.94. The van der Waals surface area contributed by atoms with Crippen molar-refractivity contribution in [2.75, 3.05) is 13.2 Å². The molecule has 0 amide bonds. The molecule has 0 N–H and O–H groups in total. The second-order valence-corrected chi connectivity index (χ2v) is 6.05. The van der Waals surface area contributed by atoms with Gasteiger partial charge in [0.25, 0.3) is 0 Å². The molecule has 0 radical (unpaired) electrons. The van der Waals surface area contributed by atoms with Crippen molar-refractivity contribution in [1.29, 1.82) is 0 Å². The van der Waals surface area contributed by atoms with E-state index in [1.54, 1.807) is 25.1 Å². The van der Waals surface area contributed by atoms with E-state index in [9.17, 15) is 4.79 Å². The van der Waals surface area contributed by atoms with Gasteiger partial charge in [-0.2, -0.15) is 0 Å². The lowest BCUT2D eigenvalue weighted by atomic mass is 10.1. The Morgan fingerprint density at radius 3 is 2.09 bits per heavy atom. The fourth-order valence-corrected chi connectivity index (χ4v) is 2.81. The van der Waals surface area contributed by atoms with Gasteiger partial charge < -0.3 is 18.9 Å². The van der Waals surface area contributed by atoms with Crippen molar-refractivity contribution in [2.45, 2.75) is 58.0 Å². The van der Waals surface area contributed by atoms with E-state index in [1.165, 1.54) is 0 Å². The van der Waals surface area contributed by atoms with Crippen molar-refractivity contribution in [2.24, 2.45) is 0 Å². The summed E-state index contributed by atoms with van der Waals surface area (Å²) in [6.07, 6.45) is 5.51. The van der Waals surface area contributed by atoms with E-state index in [0.29, 0.717) is 23.7 Å². The molecule has 0 aliphatic carbocycles. The average Bonchev–Trinajstić information content (AvgIpc) is 2.58. The number of carbonyl (C=O) groups is 1. The summed E-state index contributed by atoms with van der Waals surface area (Å²) in [4.78, 5) is 11.6. The predicted molar refractivity (Wildman–Crippen MR) is 84.9 cm³/mol. The number of ether oxygens (including phenoxy) is 4. The molecule has 1 aromatic carbocycles. The quantitative estimate of drug-likeness (QED) is 0.774. The van der Waals surface area contributed by atoms with Gasteiger partial charge in [0.05, 0.1) is 13.2 Å². The van der Waals surface area contributed by atoms with Crippen LogP contribution < -0.4 is 9.47 Å². The number of hydrogen-bond acceptors (Lipinski definition) is 5. The Kier molecular flexibility index (Phi) is 5.51. The number of ketones is 1. The third-order valence-corrected chi connectivity index (χ3v) is 4.14. The Hall–Kier alpha value is -1.59. The van der Waals surface area contributed by atoms with E-state index in [1.807, 2.05) is 0 Å². The highest BCUT2D eigenvalue weighted by Gasteiger charge is 2.21. The van der Waals surface area contributed by atoms with Gasteiger partial charge >= 0.3 is 0 Å². The summed E-state index contributed by atoms with van der Waals surface area (Å²) < 4.78 is 23.2. The highest BCUT2D eigenvalue weighted by Crippen LogP contribution is 2.33. The van der Waals surface area contributed by atoms with Crippen LogP contribution in [0.5, 0.6) is 11.5 Å². The number of benzene rings is 1. The molecule has 0 saturated carbocycles. The Morgan fingerprint density at radius 1 is 0.957 bits per heavy atom. The summed E-state index contributed by atoms with van der Waals surface area (Å²) in [6, 6.07) is 5.28. The minimum absolute atomic E-state index is 0.000112. The normalized spacial score (nSPS) is 24.9. The molecule has 0 bridgehead atoms. The highest BCUT2D eigenvalue weighted by atomic mass is 16.7. The largest absolute Gasteiger partial charge is 0.461 e. The molecular weight excluding hydrogens is 296 g/mol. The molecule has 0 aromatic heterocycles. The minimum atomic E-state index is -0.277. The van der Waals surface area contributed by atoms with Gasteiger partial charge in [-0.15, -0.1) is 0 Å². The first-order valence-corrected chi connectivity index (χ1v) is 8.44. The summed E-state index contributed by atoms with van der Waals surface area (Å²) in [7, 11) is 0. The minimum Gasteiger partial charge on any atom is -0.461 e. The first-order chi connectivity index (χ1) is 11.2.